The molecule has 0 aromatic heterocycles. The van der Waals surface area contributed by atoms with E-state index in [9.17, 15) is 0 Å². The molecule has 0 bridgehead atoms. The topological polar surface area (TPSA) is 6.48 Å². The minimum Gasteiger partial charge on any atom is -0.305 e. The molecule has 0 atom stereocenters. The van der Waals surface area contributed by atoms with E-state index in [2.05, 4.69) is 30.8 Å². The fraction of sp³-hybridized carbons (Fsp3) is 1.00. The Morgan fingerprint density at radius 3 is 2.27 bits per heavy atom. The van der Waals surface area contributed by atoms with Crippen molar-refractivity contribution in [2.75, 3.05) is 33.7 Å². The summed E-state index contributed by atoms with van der Waals surface area (Å²) in [4.78, 5) is 4.84. The van der Waals surface area contributed by atoms with Crippen LogP contribution in [0.2, 0.25) is 0 Å². The van der Waals surface area contributed by atoms with Gasteiger partial charge in [-0.25, -0.2) is 0 Å². The molecule has 0 unspecified atom stereocenters. The van der Waals surface area contributed by atoms with Gasteiger partial charge >= 0.3 is 0 Å². The zero-order valence-corrected chi connectivity index (χ0v) is 8.01. The molecule has 0 heterocycles. The van der Waals surface area contributed by atoms with Crippen molar-refractivity contribution >= 4 is 0 Å². The van der Waals surface area contributed by atoms with Gasteiger partial charge in [0.1, 0.15) is 0 Å². The van der Waals surface area contributed by atoms with Gasteiger partial charge in [-0.3, -0.25) is 0 Å². The molecule has 0 saturated heterocycles. The summed E-state index contributed by atoms with van der Waals surface area (Å²) in [5.41, 5.74) is 0. The number of hydrogen-bond donors (Lipinski definition) is 0. The predicted molar refractivity (Wildman–Crippen MR) is 48.8 cm³/mol. The molecule has 1 rings (SSSR count). The van der Waals surface area contributed by atoms with Crippen LogP contribution >= 0.6 is 0 Å². The zero-order valence-electron chi connectivity index (χ0n) is 8.01. The second-order valence-corrected chi connectivity index (χ2v) is 3.61. The highest BCUT2D eigenvalue weighted by atomic mass is 15.2. The van der Waals surface area contributed by atoms with Crippen molar-refractivity contribution in [3.8, 4) is 0 Å². The number of likely N-dealkylation sites (N-methyl/N-ethyl adjacent to an activating group) is 2. The van der Waals surface area contributed by atoms with Crippen LogP contribution in [-0.2, 0) is 0 Å². The average Bonchev–Trinajstić information content (AvgIpc) is 2.81. The normalized spacial score (nSPS) is 18.3. The summed E-state index contributed by atoms with van der Waals surface area (Å²) < 4.78 is 0. The van der Waals surface area contributed by atoms with Gasteiger partial charge in [-0.15, -0.1) is 0 Å². The first-order valence-corrected chi connectivity index (χ1v) is 4.62. The Labute approximate surface area is 70.2 Å². The van der Waals surface area contributed by atoms with E-state index < -0.39 is 0 Å². The molecule has 11 heavy (non-hydrogen) atoms. The van der Waals surface area contributed by atoms with Crippen molar-refractivity contribution in [3.05, 3.63) is 0 Å². The van der Waals surface area contributed by atoms with Crippen molar-refractivity contribution in [3.63, 3.8) is 0 Å². The van der Waals surface area contributed by atoms with Crippen LogP contribution in [0.5, 0.6) is 0 Å². The third-order valence-corrected chi connectivity index (χ3v) is 2.54. The van der Waals surface area contributed by atoms with Crippen LogP contribution in [0.4, 0.5) is 0 Å². The minimum absolute atomic E-state index is 0.917. The van der Waals surface area contributed by atoms with Gasteiger partial charge in [-0.05, 0) is 33.5 Å². The van der Waals surface area contributed by atoms with Crippen LogP contribution < -0.4 is 0 Å². The van der Waals surface area contributed by atoms with Gasteiger partial charge < -0.3 is 9.80 Å². The standard InChI is InChI=1S/C9H20N2/c1-4-10(2)7-8-11(3)9-5-6-9/h9H,4-8H2,1-3H3. The van der Waals surface area contributed by atoms with Gasteiger partial charge in [0, 0.05) is 19.1 Å². The second kappa shape index (κ2) is 4.07. The minimum atomic E-state index is 0.917. The Bertz CT molecular complexity index is 110. The summed E-state index contributed by atoms with van der Waals surface area (Å²) in [6.45, 7) is 5.81. The first-order chi connectivity index (χ1) is 5.24. The molecular weight excluding hydrogens is 136 g/mol. The lowest BCUT2D eigenvalue weighted by atomic mass is 10.4. The maximum atomic E-state index is 2.48. The van der Waals surface area contributed by atoms with Crippen LogP contribution in [0.25, 0.3) is 0 Å². The Morgan fingerprint density at radius 2 is 1.82 bits per heavy atom. The maximum absolute atomic E-state index is 2.48. The van der Waals surface area contributed by atoms with E-state index in [-0.39, 0.29) is 0 Å². The molecule has 2 nitrogen and oxygen atoms in total. The van der Waals surface area contributed by atoms with Gasteiger partial charge in [-0.1, -0.05) is 6.92 Å². The molecule has 66 valence electrons. The molecule has 0 aromatic carbocycles. The molecule has 0 aliphatic heterocycles. The van der Waals surface area contributed by atoms with Gasteiger partial charge in [-0.2, -0.15) is 0 Å². The summed E-state index contributed by atoms with van der Waals surface area (Å²) in [6.07, 6.45) is 2.85. The number of rotatable bonds is 5. The second-order valence-electron chi connectivity index (χ2n) is 3.61. The SMILES string of the molecule is CCN(C)CCN(C)C1CC1. The van der Waals surface area contributed by atoms with E-state index in [0.717, 1.165) is 6.04 Å². The molecule has 1 fully saturated rings. The van der Waals surface area contributed by atoms with Crippen LogP contribution in [0, 0.1) is 0 Å². The molecule has 1 saturated carbocycles. The fourth-order valence-corrected chi connectivity index (χ4v) is 1.18. The van der Waals surface area contributed by atoms with Crippen LogP contribution in [-0.4, -0.2) is 49.6 Å². The summed E-state index contributed by atoms with van der Waals surface area (Å²) in [5.74, 6) is 0. The third-order valence-electron chi connectivity index (χ3n) is 2.54. The fourth-order valence-electron chi connectivity index (χ4n) is 1.18. The molecule has 1 aliphatic rings. The highest BCUT2D eigenvalue weighted by Gasteiger charge is 2.25. The lowest BCUT2D eigenvalue weighted by Gasteiger charge is -2.20. The zero-order chi connectivity index (χ0) is 8.27. The van der Waals surface area contributed by atoms with Gasteiger partial charge in [0.05, 0.1) is 0 Å². The van der Waals surface area contributed by atoms with Crippen molar-refractivity contribution in [2.45, 2.75) is 25.8 Å². The largest absolute Gasteiger partial charge is 0.305 e. The van der Waals surface area contributed by atoms with Crippen molar-refractivity contribution < 1.29 is 0 Å². The molecule has 0 spiro atoms. The highest BCUT2D eigenvalue weighted by Crippen LogP contribution is 2.24. The Kier molecular flexibility index (Phi) is 3.34. The van der Waals surface area contributed by atoms with Crippen LogP contribution in [0.1, 0.15) is 19.8 Å². The van der Waals surface area contributed by atoms with E-state index in [1.807, 2.05) is 0 Å². The first kappa shape index (κ1) is 9.01. The quantitative estimate of drug-likeness (QED) is 0.586. The summed E-state index contributed by atoms with van der Waals surface area (Å²) in [5, 5.41) is 0. The van der Waals surface area contributed by atoms with E-state index in [0.29, 0.717) is 0 Å². The van der Waals surface area contributed by atoms with Crippen molar-refractivity contribution in [1.29, 1.82) is 0 Å². The van der Waals surface area contributed by atoms with Gasteiger partial charge in [0.15, 0.2) is 0 Å². The number of nitrogens with zero attached hydrogens (tertiary/aromatic N) is 2. The summed E-state index contributed by atoms with van der Waals surface area (Å²) in [6, 6.07) is 0.917. The van der Waals surface area contributed by atoms with E-state index in [1.165, 1.54) is 32.5 Å². The molecule has 0 radical (unpaired) electrons. The Balaban J connectivity index is 2.00. The maximum Gasteiger partial charge on any atom is 0.0109 e. The van der Waals surface area contributed by atoms with Crippen molar-refractivity contribution in [2.24, 2.45) is 0 Å². The lowest BCUT2D eigenvalue weighted by Crippen LogP contribution is -2.31. The summed E-state index contributed by atoms with van der Waals surface area (Å²) in [7, 11) is 4.42. The van der Waals surface area contributed by atoms with E-state index in [4.69, 9.17) is 0 Å². The van der Waals surface area contributed by atoms with Crippen LogP contribution in [0.3, 0.4) is 0 Å². The molecular formula is C9H20N2. The molecule has 0 amide bonds. The lowest BCUT2D eigenvalue weighted by molar-refractivity contribution is 0.257. The number of hydrogen-bond acceptors (Lipinski definition) is 2. The van der Waals surface area contributed by atoms with Gasteiger partial charge in [0.2, 0.25) is 0 Å². The summed E-state index contributed by atoms with van der Waals surface area (Å²) >= 11 is 0. The average molecular weight is 156 g/mol. The highest BCUT2D eigenvalue weighted by molar-refractivity contribution is 4.82. The molecule has 2 heteroatoms. The molecule has 0 N–H and O–H groups in total. The smallest absolute Gasteiger partial charge is 0.0109 e. The van der Waals surface area contributed by atoms with E-state index >= 15 is 0 Å². The Morgan fingerprint density at radius 1 is 1.18 bits per heavy atom. The predicted octanol–water partition coefficient (Wildman–Crippen LogP) is 1.03. The van der Waals surface area contributed by atoms with Crippen LogP contribution in [0.15, 0.2) is 0 Å². The molecule has 0 aromatic rings. The van der Waals surface area contributed by atoms with Gasteiger partial charge in [0.25, 0.3) is 0 Å². The Hall–Kier alpha value is -0.0800. The third kappa shape index (κ3) is 3.21. The molecule has 1 aliphatic carbocycles. The van der Waals surface area contributed by atoms with E-state index in [1.54, 1.807) is 0 Å². The monoisotopic (exact) mass is 156 g/mol. The van der Waals surface area contributed by atoms with Crippen molar-refractivity contribution in [1.82, 2.24) is 9.80 Å². The first-order valence-electron chi connectivity index (χ1n) is 4.62.